The lowest BCUT2D eigenvalue weighted by molar-refractivity contribution is -0.0159. The van der Waals surface area contributed by atoms with Gasteiger partial charge in [0.2, 0.25) is 0 Å². The number of nitrogens with one attached hydrogen (secondary N) is 1. The first-order valence-electron chi connectivity index (χ1n) is 8.13. The quantitative estimate of drug-likeness (QED) is 0.239. The molecule has 0 spiro atoms. The van der Waals surface area contributed by atoms with Crippen LogP contribution in [-0.4, -0.2) is 98.6 Å². The molecule has 0 aliphatic rings. The number of hydrogen-bond acceptors (Lipinski definition) is 8. The van der Waals surface area contributed by atoms with E-state index < -0.39 is 0 Å². The standard InChI is InChI=1S/C15H33NO6S/c1-16-2-3-17-4-5-18-6-7-19-8-9-20-10-11-21-12-13-22-14-15-23/h16,23H,2-15H2,1H3. The van der Waals surface area contributed by atoms with Crippen LogP contribution in [0.5, 0.6) is 0 Å². The molecule has 8 heteroatoms. The van der Waals surface area contributed by atoms with E-state index in [9.17, 15) is 0 Å². The molecule has 0 bridgehead atoms. The molecular weight excluding hydrogens is 322 g/mol. The SMILES string of the molecule is CNCCOCCOCCOCCOCCOCCOCCS. The summed E-state index contributed by atoms with van der Waals surface area (Å²) in [5, 5.41) is 3.01. The van der Waals surface area contributed by atoms with E-state index in [1.807, 2.05) is 7.05 Å². The van der Waals surface area contributed by atoms with Gasteiger partial charge in [-0.05, 0) is 7.05 Å². The van der Waals surface area contributed by atoms with Crippen LogP contribution in [0.25, 0.3) is 0 Å². The number of thiol groups is 1. The zero-order valence-electron chi connectivity index (χ0n) is 14.3. The fourth-order valence-corrected chi connectivity index (χ4v) is 1.57. The van der Waals surface area contributed by atoms with Crippen LogP contribution in [-0.2, 0) is 28.4 Å². The first-order chi connectivity index (χ1) is 11.4. The molecule has 23 heavy (non-hydrogen) atoms. The fourth-order valence-electron chi connectivity index (χ4n) is 1.44. The summed E-state index contributed by atoms with van der Waals surface area (Å²) in [6, 6.07) is 0. The van der Waals surface area contributed by atoms with Crippen LogP contribution in [0.4, 0.5) is 0 Å². The topological polar surface area (TPSA) is 67.4 Å². The first-order valence-corrected chi connectivity index (χ1v) is 8.77. The van der Waals surface area contributed by atoms with E-state index in [1.54, 1.807) is 0 Å². The Bertz CT molecular complexity index is 194. The number of ether oxygens (including phenoxy) is 6. The van der Waals surface area contributed by atoms with Crippen LogP contribution < -0.4 is 5.32 Å². The third-order valence-corrected chi connectivity index (χ3v) is 2.77. The summed E-state index contributed by atoms with van der Waals surface area (Å²) >= 11 is 4.05. The Morgan fingerprint density at radius 2 is 0.826 bits per heavy atom. The van der Waals surface area contributed by atoms with Crippen molar-refractivity contribution in [3.63, 3.8) is 0 Å². The normalized spacial score (nSPS) is 11.2. The largest absolute Gasteiger partial charge is 0.378 e. The molecule has 0 rings (SSSR count). The number of hydrogen-bond donors (Lipinski definition) is 2. The monoisotopic (exact) mass is 355 g/mol. The van der Waals surface area contributed by atoms with Crippen LogP contribution in [0.3, 0.4) is 0 Å². The summed E-state index contributed by atoms with van der Waals surface area (Å²) in [7, 11) is 1.90. The third kappa shape index (κ3) is 22.1. The number of rotatable bonds is 20. The van der Waals surface area contributed by atoms with Gasteiger partial charge in [0.1, 0.15) is 0 Å². The van der Waals surface area contributed by atoms with Crippen LogP contribution in [0, 0.1) is 0 Å². The Morgan fingerprint density at radius 3 is 1.13 bits per heavy atom. The molecule has 0 aromatic carbocycles. The molecule has 0 aromatic rings. The average Bonchev–Trinajstić information content (AvgIpc) is 2.57. The van der Waals surface area contributed by atoms with Gasteiger partial charge < -0.3 is 33.7 Å². The Balaban J connectivity index is 2.92. The maximum atomic E-state index is 5.38. The van der Waals surface area contributed by atoms with Gasteiger partial charge in [0.25, 0.3) is 0 Å². The molecule has 0 unspecified atom stereocenters. The highest BCUT2D eigenvalue weighted by atomic mass is 32.1. The lowest BCUT2D eigenvalue weighted by Crippen LogP contribution is -2.17. The maximum absolute atomic E-state index is 5.38. The summed E-state index contributed by atoms with van der Waals surface area (Å²) < 4.78 is 32.0. The molecule has 0 saturated carbocycles. The van der Waals surface area contributed by atoms with E-state index in [0.29, 0.717) is 79.3 Å². The van der Waals surface area contributed by atoms with Gasteiger partial charge in [0.15, 0.2) is 0 Å². The van der Waals surface area contributed by atoms with Crippen molar-refractivity contribution in [3.05, 3.63) is 0 Å². The Labute approximate surface area is 145 Å². The highest BCUT2D eigenvalue weighted by molar-refractivity contribution is 7.80. The highest BCUT2D eigenvalue weighted by Gasteiger charge is 1.93. The minimum Gasteiger partial charge on any atom is -0.378 e. The summed E-state index contributed by atoms with van der Waals surface area (Å²) in [6.45, 7) is 8.03. The van der Waals surface area contributed by atoms with Crippen LogP contribution >= 0.6 is 12.6 Å². The van der Waals surface area contributed by atoms with Crippen LogP contribution in [0.15, 0.2) is 0 Å². The molecule has 1 N–H and O–H groups in total. The Kier molecular flexibility index (Phi) is 22.1. The second-order valence-corrected chi connectivity index (χ2v) is 4.95. The van der Waals surface area contributed by atoms with Gasteiger partial charge in [0, 0.05) is 12.3 Å². The van der Waals surface area contributed by atoms with E-state index >= 15 is 0 Å². The molecule has 0 aliphatic heterocycles. The van der Waals surface area contributed by atoms with Crippen molar-refractivity contribution >= 4 is 12.6 Å². The summed E-state index contributed by atoms with van der Waals surface area (Å²) in [5.41, 5.74) is 0. The van der Waals surface area contributed by atoms with E-state index in [4.69, 9.17) is 28.4 Å². The molecule has 0 atom stereocenters. The minimum atomic E-state index is 0.562. The molecule has 0 radical (unpaired) electrons. The van der Waals surface area contributed by atoms with Crippen molar-refractivity contribution in [2.75, 3.05) is 98.6 Å². The zero-order valence-corrected chi connectivity index (χ0v) is 15.2. The number of likely N-dealkylation sites (N-methyl/N-ethyl adjacent to an activating group) is 1. The second-order valence-electron chi connectivity index (χ2n) is 4.50. The minimum absolute atomic E-state index is 0.562. The molecule has 0 amide bonds. The molecule has 7 nitrogen and oxygen atoms in total. The summed E-state index contributed by atoms with van der Waals surface area (Å²) in [4.78, 5) is 0. The van der Waals surface area contributed by atoms with Crippen LogP contribution in [0.1, 0.15) is 0 Å². The molecule has 0 fully saturated rings. The predicted octanol–water partition coefficient (Wildman–Crippen LogP) is 0.235. The first kappa shape index (κ1) is 23.1. The highest BCUT2D eigenvalue weighted by Crippen LogP contribution is 1.84. The summed E-state index contributed by atoms with van der Waals surface area (Å²) in [5.74, 6) is 0.735. The molecule has 0 heterocycles. The van der Waals surface area contributed by atoms with Crippen molar-refractivity contribution in [1.82, 2.24) is 5.32 Å². The lowest BCUT2D eigenvalue weighted by atomic mass is 10.6. The Morgan fingerprint density at radius 1 is 0.522 bits per heavy atom. The lowest BCUT2D eigenvalue weighted by Gasteiger charge is -2.08. The summed E-state index contributed by atoms with van der Waals surface area (Å²) in [6.07, 6.45) is 0. The fraction of sp³-hybridized carbons (Fsp3) is 1.00. The van der Waals surface area contributed by atoms with Gasteiger partial charge in [-0.2, -0.15) is 12.6 Å². The van der Waals surface area contributed by atoms with Crippen LogP contribution in [0.2, 0.25) is 0 Å². The van der Waals surface area contributed by atoms with Crippen molar-refractivity contribution in [3.8, 4) is 0 Å². The van der Waals surface area contributed by atoms with E-state index in [0.717, 1.165) is 12.3 Å². The molecule has 0 aromatic heterocycles. The smallest absolute Gasteiger partial charge is 0.0701 e. The van der Waals surface area contributed by atoms with E-state index in [1.165, 1.54) is 0 Å². The second kappa shape index (κ2) is 22.1. The average molecular weight is 355 g/mol. The molecule has 0 saturated heterocycles. The van der Waals surface area contributed by atoms with Crippen molar-refractivity contribution < 1.29 is 28.4 Å². The van der Waals surface area contributed by atoms with Gasteiger partial charge >= 0.3 is 0 Å². The molecular formula is C15H33NO6S. The zero-order chi connectivity index (χ0) is 16.8. The van der Waals surface area contributed by atoms with Crippen molar-refractivity contribution in [1.29, 1.82) is 0 Å². The van der Waals surface area contributed by atoms with E-state index in [2.05, 4.69) is 17.9 Å². The Hall–Kier alpha value is 0.0700. The predicted molar refractivity (Wildman–Crippen MR) is 92.7 cm³/mol. The third-order valence-electron chi connectivity index (χ3n) is 2.59. The van der Waals surface area contributed by atoms with Gasteiger partial charge in [-0.25, -0.2) is 0 Å². The van der Waals surface area contributed by atoms with Gasteiger partial charge in [-0.1, -0.05) is 0 Å². The molecule has 140 valence electrons. The van der Waals surface area contributed by atoms with Gasteiger partial charge in [-0.3, -0.25) is 0 Å². The molecule has 0 aliphatic carbocycles. The maximum Gasteiger partial charge on any atom is 0.0701 e. The van der Waals surface area contributed by atoms with Gasteiger partial charge in [-0.15, -0.1) is 0 Å². The van der Waals surface area contributed by atoms with Crippen molar-refractivity contribution in [2.45, 2.75) is 0 Å². The van der Waals surface area contributed by atoms with E-state index in [-0.39, 0.29) is 0 Å². The van der Waals surface area contributed by atoms with Gasteiger partial charge in [0.05, 0.1) is 79.3 Å². The van der Waals surface area contributed by atoms with Crippen molar-refractivity contribution in [2.24, 2.45) is 0 Å².